The predicted molar refractivity (Wildman–Crippen MR) is 68.5 cm³/mol. The summed E-state index contributed by atoms with van der Waals surface area (Å²) >= 11 is 0. The van der Waals surface area contributed by atoms with Crippen molar-refractivity contribution in [3.63, 3.8) is 0 Å². The van der Waals surface area contributed by atoms with E-state index in [0.717, 1.165) is 24.7 Å². The van der Waals surface area contributed by atoms with Crippen molar-refractivity contribution in [3.8, 4) is 0 Å². The molecule has 92 valence electrons. The van der Waals surface area contributed by atoms with Gasteiger partial charge < -0.3 is 15.0 Å². The molecule has 2 unspecified atom stereocenters. The van der Waals surface area contributed by atoms with Crippen LogP contribution in [-0.4, -0.2) is 36.3 Å². The molecule has 1 aromatic rings. The second-order valence-corrected chi connectivity index (χ2v) is 5.19. The van der Waals surface area contributed by atoms with Crippen molar-refractivity contribution in [3.05, 3.63) is 18.3 Å². The first-order valence-corrected chi connectivity index (χ1v) is 6.32. The maximum absolute atomic E-state index is 5.48. The van der Waals surface area contributed by atoms with Crippen LogP contribution in [0.5, 0.6) is 0 Å². The molecule has 2 bridgehead atoms. The number of pyridine rings is 1. The third kappa shape index (κ3) is 1.97. The Labute approximate surface area is 102 Å². The van der Waals surface area contributed by atoms with Gasteiger partial charge in [-0.3, -0.25) is 0 Å². The van der Waals surface area contributed by atoms with E-state index in [1.54, 1.807) is 0 Å². The van der Waals surface area contributed by atoms with Crippen LogP contribution in [0.4, 0.5) is 11.5 Å². The average molecular weight is 233 g/mol. The number of fused-ring (bicyclic) bond motifs is 2. The van der Waals surface area contributed by atoms with E-state index in [4.69, 9.17) is 4.74 Å². The van der Waals surface area contributed by atoms with E-state index in [2.05, 4.69) is 41.2 Å². The molecule has 4 heteroatoms. The monoisotopic (exact) mass is 233 g/mol. The Morgan fingerprint density at radius 2 is 2.12 bits per heavy atom. The van der Waals surface area contributed by atoms with Gasteiger partial charge in [-0.05, 0) is 32.4 Å². The Morgan fingerprint density at radius 1 is 1.35 bits per heavy atom. The van der Waals surface area contributed by atoms with Crippen molar-refractivity contribution in [2.75, 3.05) is 23.4 Å². The minimum atomic E-state index is 0.444. The van der Waals surface area contributed by atoms with E-state index in [-0.39, 0.29) is 0 Å². The fourth-order valence-electron chi connectivity index (χ4n) is 2.67. The molecule has 3 heterocycles. The molecule has 17 heavy (non-hydrogen) atoms. The van der Waals surface area contributed by atoms with Crippen LogP contribution < -0.4 is 10.2 Å². The molecule has 3 rings (SSSR count). The van der Waals surface area contributed by atoms with Crippen molar-refractivity contribution < 1.29 is 4.74 Å². The number of morpholine rings is 1. The van der Waals surface area contributed by atoms with Gasteiger partial charge in [-0.25, -0.2) is 4.98 Å². The lowest BCUT2D eigenvalue weighted by atomic mass is 9.91. The number of hydrogen-bond donors (Lipinski definition) is 1. The average Bonchev–Trinajstić information content (AvgIpc) is 2.32. The smallest absolute Gasteiger partial charge is 0.129 e. The zero-order chi connectivity index (χ0) is 11.8. The molecule has 0 radical (unpaired) electrons. The quantitative estimate of drug-likeness (QED) is 0.865. The highest BCUT2D eigenvalue weighted by Gasteiger charge is 2.42. The molecule has 2 aliphatic heterocycles. The Kier molecular flexibility index (Phi) is 2.67. The maximum Gasteiger partial charge on any atom is 0.129 e. The molecule has 0 saturated carbocycles. The lowest BCUT2D eigenvalue weighted by Gasteiger charge is -2.53. The van der Waals surface area contributed by atoms with Crippen LogP contribution >= 0.6 is 0 Å². The molecule has 1 N–H and O–H groups in total. The summed E-state index contributed by atoms with van der Waals surface area (Å²) in [5.74, 6) is 1.09. The van der Waals surface area contributed by atoms with E-state index in [1.165, 1.54) is 6.42 Å². The molecule has 1 aromatic heterocycles. The second kappa shape index (κ2) is 4.18. The van der Waals surface area contributed by atoms with Crippen molar-refractivity contribution in [2.24, 2.45) is 0 Å². The van der Waals surface area contributed by atoms with Gasteiger partial charge in [-0.1, -0.05) is 0 Å². The fraction of sp³-hybridized carbons (Fsp3) is 0.615. The zero-order valence-electron chi connectivity index (χ0n) is 10.4. The summed E-state index contributed by atoms with van der Waals surface area (Å²) in [6.07, 6.45) is 3.18. The molecular weight excluding hydrogens is 214 g/mol. The first-order chi connectivity index (χ1) is 8.24. The van der Waals surface area contributed by atoms with Crippen LogP contribution in [0.15, 0.2) is 18.3 Å². The number of ether oxygens (including phenoxy) is 1. The topological polar surface area (TPSA) is 37.4 Å². The molecule has 2 saturated heterocycles. The summed E-state index contributed by atoms with van der Waals surface area (Å²) in [4.78, 5) is 6.94. The van der Waals surface area contributed by atoms with Crippen molar-refractivity contribution in [2.45, 2.75) is 38.4 Å². The minimum Gasteiger partial charge on any atom is -0.382 e. The standard InChI is InChI=1S/C13H19N3O/c1-9(2)15-10-3-4-13(14-6-10)16-11-5-12(16)8-17-7-11/h3-4,6,9,11-12,15H,5,7-8H2,1-2H3. The van der Waals surface area contributed by atoms with Gasteiger partial charge in [0.2, 0.25) is 0 Å². The Balaban J connectivity index is 1.72. The molecule has 2 atom stereocenters. The summed E-state index contributed by atoms with van der Waals surface area (Å²) in [6.45, 7) is 5.96. The first-order valence-electron chi connectivity index (χ1n) is 6.32. The van der Waals surface area contributed by atoms with Crippen LogP contribution in [0.3, 0.4) is 0 Å². The first kappa shape index (κ1) is 10.8. The van der Waals surface area contributed by atoms with Crippen molar-refractivity contribution in [1.29, 1.82) is 0 Å². The Morgan fingerprint density at radius 3 is 2.65 bits per heavy atom. The predicted octanol–water partition coefficient (Wildman–Crippen LogP) is 1.88. The molecule has 4 nitrogen and oxygen atoms in total. The Bertz CT molecular complexity index is 376. The fourth-order valence-corrected chi connectivity index (χ4v) is 2.67. The molecular formula is C13H19N3O. The largest absolute Gasteiger partial charge is 0.382 e. The van der Waals surface area contributed by atoms with Crippen molar-refractivity contribution >= 4 is 11.5 Å². The van der Waals surface area contributed by atoms with E-state index in [9.17, 15) is 0 Å². The van der Waals surface area contributed by atoms with Crippen LogP contribution in [0, 0.1) is 0 Å². The number of nitrogens with zero attached hydrogens (tertiary/aromatic N) is 2. The summed E-state index contributed by atoms with van der Waals surface area (Å²) in [5.41, 5.74) is 1.09. The normalized spacial score (nSPS) is 26.9. The van der Waals surface area contributed by atoms with Crippen LogP contribution in [-0.2, 0) is 4.74 Å². The highest BCUT2D eigenvalue weighted by Crippen LogP contribution is 2.34. The van der Waals surface area contributed by atoms with E-state index >= 15 is 0 Å². The molecule has 0 aliphatic carbocycles. The number of rotatable bonds is 3. The molecule has 0 amide bonds. The summed E-state index contributed by atoms with van der Waals surface area (Å²) in [7, 11) is 0. The second-order valence-electron chi connectivity index (χ2n) is 5.19. The van der Waals surface area contributed by atoms with Crippen molar-refractivity contribution in [1.82, 2.24) is 4.98 Å². The van der Waals surface area contributed by atoms with Gasteiger partial charge in [0.1, 0.15) is 5.82 Å². The van der Waals surface area contributed by atoms with Crippen LogP contribution in [0.25, 0.3) is 0 Å². The summed E-state index contributed by atoms with van der Waals surface area (Å²) < 4.78 is 5.48. The van der Waals surface area contributed by atoms with Gasteiger partial charge in [0, 0.05) is 6.04 Å². The van der Waals surface area contributed by atoms with Gasteiger partial charge in [-0.15, -0.1) is 0 Å². The third-order valence-corrected chi connectivity index (χ3v) is 3.42. The van der Waals surface area contributed by atoms with Gasteiger partial charge in [0.05, 0.1) is 37.2 Å². The van der Waals surface area contributed by atoms with Crippen LogP contribution in [0.1, 0.15) is 20.3 Å². The minimum absolute atomic E-state index is 0.444. The maximum atomic E-state index is 5.48. The molecule has 2 fully saturated rings. The number of anilines is 2. The number of aromatic nitrogens is 1. The van der Waals surface area contributed by atoms with Gasteiger partial charge >= 0.3 is 0 Å². The number of nitrogens with one attached hydrogen (secondary N) is 1. The molecule has 0 spiro atoms. The van der Waals surface area contributed by atoms with Gasteiger partial charge in [0.15, 0.2) is 0 Å². The lowest BCUT2D eigenvalue weighted by Crippen LogP contribution is -2.64. The number of hydrogen-bond acceptors (Lipinski definition) is 4. The SMILES string of the molecule is CC(C)Nc1ccc(N2C3COCC2C3)nc1. The third-order valence-electron chi connectivity index (χ3n) is 3.42. The van der Waals surface area contributed by atoms with Crippen LogP contribution in [0.2, 0.25) is 0 Å². The summed E-state index contributed by atoms with van der Waals surface area (Å²) in [5, 5.41) is 3.35. The zero-order valence-corrected chi connectivity index (χ0v) is 10.4. The molecule has 2 aliphatic rings. The van der Waals surface area contributed by atoms with Gasteiger partial charge in [0.25, 0.3) is 0 Å². The van der Waals surface area contributed by atoms with E-state index in [1.807, 2.05) is 6.20 Å². The van der Waals surface area contributed by atoms with Gasteiger partial charge in [-0.2, -0.15) is 0 Å². The lowest BCUT2D eigenvalue weighted by molar-refractivity contribution is 0.00971. The summed E-state index contributed by atoms with van der Waals surface area (Å²) in [6, 6.07) is 5.75. The molecule has 0 aromatic carbocycles. The van der Waals surface area contributed by atoms with E-state index in [0.29, 0.717) is 18.1 Å². The van der Waals surface area contributed by atoms with E-state index < -0.39 is 0 Å². The highest BCUT2D eigenvalue weighted by molar-refractivity contribution is 5.52. The highest BCUT2D eigenvalue weighted by atomic mass is 16.5. The Hall–Kier alpha value is -1.29.